The van der Waals surface area contributed by atoms with Gasteiger partial charge in [0.2, 0.25) is 0 Å². The van der Waals surface area contributed by atoms with E-state index in [0.717, 1.165) is 43.1 Å². The highest BCUT2D eigenvalue weighted by Crippen LogP contribution is 2.18. The smallest absolute Gasteiger partial charge is 0.113 e. The summed E-state index contributed by atoms with van der Waals surface area (Å²) >= 11 is 0. The van der Waals surface area contributed by atoms with Crippen LogP contribution in [0.5, 0.6) is 0 Å². The molecule has 0 bridgehead atoms. The normalized spacial score (nSPS) is 17.1. The maximum atomic E-state index is 5.55. The Labute approximate surface area is 138 Å². The summed E-state index contributed by atoms with van der Waals surface area (Å²) in [6.07, 6.45) is 4.96. The molecule has 1 fully saturated rings. The molecule has 0 aliphatic carbocycles. The summed E-state index contributed by atoms with van der Waals surface area (Å²) in [5.41, 5.74) is 2.13. The van der Waals surface area contributed by atoms with Gasteiger partial charge in [-0.15, -0.1) is 5.10 Å². The Morgan fingerprint density at radius 2 is 1.91 bits per heavy atom. The Balaban J connectivity index is 1.34. The topological polar surface area (TPSA) is 43.2 Å². The van der Waals surface area contributed by atoms with Crippen LogP contribution >= 0.6 is 0 Å². The van der Waals surface area contributed by atoms with Gasteiger partial charge in [0.1, 0.15) is 5.52 Å². The molecule has 0 radical (unpaired) electrons. The zero-order valence-electron chi connectivity index (χ0n) is 14.2. The summed E-state index contributed by atoms with van der Waals surface area (Å²) in [5.74, 6) is 0.771. The molecule has 0 amide bonds. The van der Waals surface area contributed by atoms with Crippen LogP contribution in [0, 0.1) is 5.92 Å². The van der Waals surface area contributed by atoms with Gasteiger partial charge in [0.25, 0.3) is 0 Å². The molecule has 1 aliphatic heterocycles. The fraction of sp³-hybridized carbons (Fsp3) is 0.667. The van der Waals surface area contributed by atoms with Crippen LogP contribution in [-0.2, 0) is 11.3 Å². The molecule has 1 saturated heterocycles. The second-order valence-electron chi connectivity index (χ2n) is 6.45. The third-order valence-electron chi connectivity index (χ3n) is 4.78. The number of fused-ring (bicyclic) bond motifs is 1. The highest BCUT2D eigenvalue weighted by Gasteiger charge is 2.18. The number of piperidine rings is 1. The van der Waals surface area contributed by atoms with E-state index in [9.17, 15) is 0 Å². The van der Waals surface area contributed by atoms with E-state index in [2.05, 4.69) is 34.3 Å². The lowest BCUT2D eigenvalue weighted by molar-refractivity contribution is 0.0737. The number of nitrogens with zero attached hydrogens (tertiary/aromatic N) is 4. The molecule has 1 aliphatic rings. The fourth-order valence-electron chi connectivity index (χ4n) is 3.34. The van der Waals surface area contributed by atoms with Crippen LogP contribution in [0.3, 0.4) is 0 Å². The molecule has 126 valence electrons. The third-order valence-corrected chi connectivity index (χ3v) is 4.78. The number of rotatable bonds is 8. The van der Waals surface area contributed by atoms with Crippen molar-refractivity contribution < 1.29 is 4.74 Å². The van der Waals surface area contributed by atoms with Gasteiger partial charge < -0.3 is 9.64 Å². The zero-order chi connectivity index (χ0) is 15.9. The first-order valence-electron chi connectivity index (χ1n) is 8.95. The van der Waals surface area contributed by atoms with Crippen molar-refractivity contribution in [1.29, 1.82) is 0 Å². The highest BCUT2D eigenvalue weighted by atomic mass is 16.5. The Morgan fingerprint density at radius 3 is 2.74 bits per heavy atom. The van der Waals surface area contributed by atoms with Crippen molar-refractivity contribution in [1.82, 2.24) is 19.9 Å². The summed E-state index contributed by atoms with van der Waals surface area (Å²) in [5, 5.41) is 8.47. The van der Waals surface area contributed by atoms with Gasteiger partial charge in [0.15, 0.2) is 0 Å². The van der Waals surface area contributed by atoms with Crippen molar-refractivity contribution in [2.24, 2.45) is 5.92 Å². The molecule has 0 unspecified atom stereocenters. The minimum Gasteiger partial charge on any atom is -0.381 e. The fourth-order valence-corrected chi connectivity index (χ4v) is 3.34. The lowest BCUT2D eigenvalue weighted by Crippen LogP contribution is -2.35. The van der Waals surface area contributed by atoms with Crippen molar-refractivity contribution in [3.63, 3.8) is 0 Å². The number of para-hydroxylation sites is 1. The average molecular weight is 316 g/mol. The summed E-state index contributed by atoms with van der Waals surface area (Å²) in [6.45, 7) is 8.48. The highest BCUT2D eigenvalue weighted by molar-refractivity contribution is 5.73. The summed E-state index contributed by atoms with van der Waals surface area (Å²) in [7, 11) is 0. The molecule has 1 aromatic heterocycles. The van der Waals surface area contributed by atoms with Gasteiger partial charge in [-0.05, 0) is 70.3 Å². The van der Waals surface area contributed by atoms with Gasteiger partial charge in [-0.2, -0.15) is 0 Å². The van der Waals surface area contributed by atoms with Crippen LogP contribution in [0.15, 0.2) is 24.3 Å². The molecule has 0 spiro atoms. The molecule has 5 nitrogen and oxygen atoms in total. The number of unbranched alkanes of at least 4 members (excludes halogenated alkanes) is 1. The van der Waals surface area contributed by atoms with E-state index in [-0.39, 0.29) is 0 Å². The molecule has 2 heterocycles. The van der Waals surface area contributed by atoms with Gasteiger partial charge in [-0.3, -0.25) is 0 Å². The van der Waals surface area contributed by atoms with Crippen LogP contribution in [0.25, 0.3) is 11.0 Å². The molecule has 0 N–H and O–H groups in total. The van der Waals surface area contributed by atoms with E-state index in [0.29, 0.717) is 0 Å². The standard InChI is InChI=1S/C18H28N4O/c1-2-23-15-16-9-13-21(14-10-16)11-5-6-12-22-18-8-4-3-7-17(18)19-20-22/h3-4,7-8,16H,2,5-6,9-15H2,1H3. The number of ether oxygens (including phenoxy) is 1. The Morgan fingerprint density at radius 1 is 1.13 bits per heavy atom. The van der Waals surface area contributed by atoms with E-state index in [1.54, 1.807) is 0 Å². The Bertz CT molecular complexity index is 589. The van der Waals surface area contributed by atoms with Crippen LogP contribution in [-0.4, -0.2) is 52.7 Å². The second kappa shape index (κ2) is 8.41. The first kappa shape index (κ1) is 16.4. The van der Waals surface area contributed by atoms with Crippen molar-refractivity contribution in [2.75, 3.05) is 32.8 Å². The van der Waals surface area contributed by atoms with Crippen LogP contribution in [0.4, 0.5) is 0 Å². The quantitative estimate of drug-likeness (QED) is 0.702. The van der Waals surface area contributed by atoms with Crippen LogP contribution < -0.4 is 0 Å². The number of benzene rings is 1. The number of aryl methyl sites for hydroxylation is 1. The monoisotopic (exact) mass is 316 g/mol. The summed E-state index contributed by atoms with van der Waals surface area (Å²) in [4.78, 5) is 2.60. The first-order valence-corrected chi connectivity index (χ1v) is 8.95. The molecule has 1 aromatic carbocycles. The van der Waals surface area contributed by atoms with Crippen molar-refractivity contribution >= 4 is 11.0 Å². The lowest BCUT2D eigenvalue weighted by Gasteiger charge is -2.31. The third kappa shape index (κ3) is 4.52. The summed E-state index contributed by atoms with van der Waals surface area (Å²) < 4.78 is 7.58. The maximum absolute atomic E-state index is 5.55. The van der Waals surface area contributed by atoms with E-state index in [1.807, 2.05) is 16.8 Å². The van der Waals surface area contributed by atoms with Gasteiger partial charge >= 0.3 is 0 Å². The predicted molar refractivity (Wildman–Crippen MR) is 92.4 cm³/mol. The maximum Gasteiger partial charge on any atom is 0.113 e. The molecule has 0 atom stereocenters. The lowest BCUT2D eigenvalue weighted by atomic mass is 9.97. The predicted octanol–water partition coefficient (Wildman–Crippen LogP) is 2.96. The Kier molecular flexibility index (Phi) is 6.00. The Hall–Kier alpha value is -1.46. The van der Waals surface area contributed by atoms with Crippen molar-refractivity contribution in [3.05, 3.63) is 24.3 Å². The molecule has 0 saturated carbocycles. The van der Waals surface area contributed by atoms with E-state index < -0.39 is 0 Å². The molecule has 5 heteroatoms. The minimum absolute atomic E-state index is 0.771. The number of likely N-dealkylation sites (tertiary alicyclic amines) is 1. The number of aromatic nitrogens is 3. The van der Waals surface area contributed by atoms with E-state index >= 15 is 0 Å². The zero-order valence-corrected chi connectivity index (χ0v) is 14.2. The molecular weight excluding hydrogens is 288 g/mol. The van der Waals surface area contributed by atoms with Crippen molar-refractivity contribution in [2.45, 2.75) is 39.2 Å². The van der Waals surface area contributed by atoms with E-state index in [1.165, 1.54) is 38.9 Å². The molecular formula is C18H28N4O. The van der Waals surface area contributed by atoms with Gasteiger partial charge in [-0.25, -0.2) is 4.68 Å². The van der Waals surface area contributed by atoms with E-state index in [4.69, 9.17) is 4.74 Å². The van der Waals surface area contributed by atoms with Gasteiger partial charge in [-0.1, -0.05) is 17.3 Å². The minimum atomic E-state index is 0.771. The van der Waals surface area contributed by atoms with Crippen molar-refractivity contribution in [3.8, 4) is 0 Å². The van der Waals surface area contributed by atoms with Gasteiger partial charge in [0, 0.05) is 19.8 Å². The molecule has 3 rings (SSSR count). The SMILES string of the molecule is CCOCC1CCN(CCCCn2nnc3ccccc32)CC1. The van der Waals surface area contributed by atoms with Crippen LogP contribution in [0.2, 0.25) is 0 Å². The molecule has 2 aromatic rings. The number of hydrogen-bond acceptors (Lipinski definition) is 4. The number of hydrogen-bond donors (Lipinski definition) is 0. The second-order valence-corrected chi connectivity index (χ2v) is 6.45. The van der Waals surface area contributed by atoms with Gasteiger partial charge in [0.05, 0.1) is 5.52 Å². The molecule has 23 heavy (non-hydrogen) atoms. The largest absolute Gasteiger partial charge is 0.381 e. The summed E-state index contributed by atoms with van der Waals surface area (Å²) in [6, 6.07) is 8.18. The average Bonchev–Trinajstić information content (AvgIpc) is 3.01. The first-order chi connectivity index (χ1) is 11.4. The van der Waals surface area contributed by atoms with Crippen LogP contribution in [0.1, 0.15) is 32.6 Å².